The molecule has 0 bridgehead atoms. The number of carbonyl (C=O) groups excluding carboxylic acids is 1. The number of nitrogens with one attached hydrogen (secondary N) is 2. The largest absolute Gasteiger partial charge is 0.444 e. The van der Waals surface area contributed by atoms with Crippen molar-refractivity contribution in [3.8, 4) is 11.1 Å². The fraction of sp³-hybridized carbons (Fsp3) is 0.474. The zero-order valence-corrected chi connectivity index (χ0v) is 17.9. The average molecular weight is 410 g/mol. The van der Waals surface area contributed by atoms with Crippen molar-refractivity contribution in [1.29, 1.82) is 0 Å². The maximum atomic E-state index is 12.7. The highest BCUT2D eigenvalue weighted by molar-refractivity contribution is 7.89. The first kappa shape index (κ1) is 21.9. The second-order valence-corrected chi connectivity index (χ2v) is 9.24. The van der Waals surface area contributed by atoms with Gasteiger partial charge in [-0.1, -0.05) is 17.3 Å². The molecule has 0 unspecified atom stereocenters. The van der Waals surface area contributed by atoms with Crippen molar-refractivity contribution in [1.82, 2.24) is 15.2 Å². The van der Waals surface area contributed by atoms with E-state index < -0.39 is 21.7 Å². The van der Waals surface area contributed by atoms with Gasteiger partial charge in [0.1, 0.15) is 11.4 Å². The molecule has 1 heterocycles. The molecule has 9 heteroatoms. The number of alkyl carbamates (subject to hydrolysis) is 1. The molecule has 0 radical (unpaired) electrons. The van der Waals surface area contributed by atoms with Gasteiger partial charge in [-0.05, 0) is 58.7 Å². The summed E-state index contributed by atoms with van der Waals surface area (Å²) in [7, 11) is -3.76. The Morgan fingerprint density at radius 1 is 1.18 bits per heavy atom. The summed E-state index contributed by atoms with van der Waals surface area (Å²) in [4.78, 5) is 11.8. The van der Waals surface area contributed by atoms with Gasteiger partial charge in [0, 0.05) is 18.7 Å². The highest BCUT2D eigenvalue weighted by Crippen LogP contribution is 2.29. The maximum absolute atomic E-state index is 12.7. The van der Waals surface area contributed by atoms with Crippen LogP contribution in [0.3, 0.4) is 0 Å². The van der Waals surface area contributed by atoms with Crippen LogP contribution in [0.5, 0.6) is 0 Å². The lowest BCUT2D eigenvalue weighted by molar-refractivity contribution is 0.0529. The molecule has 0 saturated carbocycles. The molecule has 0 atom stereocenters. The lowest BCUT2D eigenvalue weighted by Crippen LogP contribution is -2.38. The first-order valence-electron chi connectivity index (χ1n) is 8.91. The van der Waals surface area contributed by atoms with Gasteiger partial charge in [0.15, 0.2) is 0 Å². The Balaban J connectivity index is 2.09. The topological polar surface area (TPSA) is 111 Å². The van der Waals surface area contributed by atoms with Gasteiger partial charge in [0.05, 0.1) is 10.6 Å². The molecule has 0 saturated heterocycles. The second-order valence-electron chi connectivity index (χ2n) is 7.51. The van der Waals surface area contributed by atoms with Crippen LogP contribution in [0.4, 0.5) is 4.79 Å². The third-order valence-electron chi connectivity index (χ3n) is 3.89. The normalized spacial score (nSPS) is 12.1. The number of rotatable bonds is 6. The molecular weight excluding hydrogens is 382 g/mol. The number of aromatic nitrogens is 1. The van der Waals surface area contributed by atoms with Crippen molar-refractivity contribution in [3.05, 3.63) is 35.2 Å². The Labute approximate surface area is 165 Å². The van der Waals surface area contributed by atoms with Gasteiger partial charge in [-0.2, -0.15) is 0 Å². The minimum Gasteiger partial charge on any atom is -0.444 e. The number of hydrogen-bond donors (Lipinski definition) is 2. The van der Waals surface area contributed by atoms with E-state index in [4.69, 9.17) is 9.26 Å². The number of carbonyl (C=O) groups is 1. The van der Waals surface area contributed by atoms with E-state index in [1.165, 1.54) is 0 Å². The Hall–Kier alpha value is -2.39. The fourth-order valence-electron chi connectivity index (χ4n) is 2.68. The summed E-state index contributed by atoms with van der Waals surface area (Å²) in [6.07, 6.45) is -0.594. The van der Waals surface area contributed by atoms with Crippen LogP contribution in [-0.4, -0.2) is 38.4 Å². The molecule has 0 fully saturated rings. The van der Waals surface area contributed by atoms with E-state index in [-0.39, 0.29) is 18.0 Å². The number of hydrogen-bond acceptors (Lipinski definition) is 6. The number of aryl methyl sites for hydroxylation is 3. The Kier molecular flexibility index (Phi) is 6.51. The van der Waals surface area contributed by atoms with Crippen molar-refractivity contribution in [2.75, 3.05) is 13.1 Å². The molecule has 0 spiro atoms. The molecule has 1 aromatic carbocycles. The van der Waals surface area contributed by atoms with Gasteiger partial charge in [-0.3, -0.25) is 0 Å². The minimum absolute atomic E-state index is 0.0383. The molecule has 154 valence electrons. The third kappa shape index (κ3) is 5.56. The molecule has 1 amide bonds. The molecule has 2 rings (SSSR count). The molecule has 8 nitrogen and oxygen atoms in total. The molecule has 2 N–H and O–H groups in total. The minimum atomic E-state index is -3.76. The first-order chi connectivity index (χ1) is 12.9. The highest BCUT2D eigenvalue weighted by Gasteiger charge is 2.20. The summed E-state index contributed by atoms with van der Waals surface area (Å²) in [5, 5.41) is 6.43. The van der Waals surface area contributed by atoms with Gasteiger partial charge in [0.2, 0.25) is 10.0 Å². The van der Waals surface area contributed by atoms with Crippen LogP contribution in [0.1, 0.15) is 37.8 Å². The van der Waals surface area contributed by atoms with Crippen LogP contribution in [0.2, 0.25) is 0 Å². The van der Waals surface area contributed by atoms with Crippen LogP contribution < -0.4 is 10.0 Å². The van der Waals surface area contributed by atoms with Crippen molar-refractivity contribution >= 4 is 16.1 Å². The van der Waals surface area contributed by atoms with E-state index in [1.54, 1.807) is 53.7 Å². The number of sulfonamides is 1. The Bertz CT molecular complexity index is 939. The highest BCUT2D eigenvalue weighted by atomic mass is 32.2. The first-order valence-corrected chi connectivity index (χ1v) is 10.4. The number of ether oxygens (including phenoxy) is 1. The van der Waals surface area contributed by atoms with E-state index in [0.717, 1.165) is 5.56 Å². The molecule has 2 aromatic rings. The smallest absolute Gasteiger partial charge is 0.407 e. The van der Waals surface area contributed by atoms with Crippen LogP contribution in [0.15, 0.2) is 27.6 Å². The van der Waals surface area contributed by atoms with E-state index in [1.807, 2.05) is 6.07 Å². The van der Waals surface area contributed by atoms with Crippen LogP contribution in [0, 0.1) is 20.8 Å². The van der Waals surface area contributed by atoms with E-state index in [2.05, 4.69) is 15.2 Å². The zero-order chi connectivity index (χ0) is 21.1. The summed E-state index contributed by atoms with van der Waals surface area (Å²) in [5.41, 5.74) is 2.19. The van der Waals surface area contributed by atoms with Gasteiger partial charge >= 0.3 is 6.09 Å². The zero-order valence-electron chi connectivity index (χ0n) is 17.0. The van der Waals surface area contributed by atoms with Gasteiger partial charge < -0.3 is 14.6 Å². The summed E-state index contributed by atoms with van der Waals surface area (Å²) in [5.74, 6) is 0.624. The molecule has 1 aromatic heterocycles. The molecule has 0 aliphatic rings. The van der Waals surface area contributed by atoms with Gasteiger partial charge in [0.25, 0.3) is 0 Å². The SMILES string of the molecule is Cc1ccc(-c2c(C)noc2C)cc1S(=O)(=O)NCCNC(=O)OC(C)(C)C. The summed E-state index contributed by atoms with van der Waals surface area (Å²) < 4.78 is 38.2. The standard InChI is InChI=1S/C19H27N3O5S/c1-12-7-8-15(17-13(2)22-27-14(17)3)11-16(12)28(24,25)21-10-9-20-18(23)26-19(4,5)6/h7-8,11,21H,9-10H2,1-6H3,(H,20,23). The summed E-state index contributed by atoms with van der Waals surface area (Å²) in [6, 6.07) is 5.19. The molecule has 0 aliphatic heterocycles. The monoisotopic (exact) mass is 409 g/mol. The number of nitrogens with zero attached hydrogens (tertiary/aromatic N) is 1. The molecular formula is C19H27N3O5S. The summed E-state index contributed by atoms with van der Waals surface area (Å²) >= 11 is 0. The van der Waals surface area contributed by atoms with Crippen LogP contribution in [0.25, 0.3) is 11.1 Å². The predicted octanol–water partition coefficient (Wildman–Crippen LogP) is 3.07. The van der Waals surface area contributed by atoms with Crippen molar-refractivity contribution < 1.29 is 22.5 Å². The quantitative estimate of drug-likeness (QED) is 0.710. The predicted molar refractivity (Wildman–Crippen MR) is 106 cm³/mol. The maximum Gasteiger partial charge on any atom is 0.407 e. The van der Waals surface area contributed by atoms with E-state index in [0.29, 0.717) is 22.6 Å². The van der Waals surface area contributed by atoms with Gasteiger partial charge in [-0.15, -0.1) is 0 Å². The third-order valence-corrected chi connectivity index (χ3v) is 5.49. The lowest BCUT2D eigenvalue weighted by atomic mass is 10.0. The average Bonchev–Trinajstić information content (AvgIpc) is 2.89. The number of benzene rings is 1. The van der Waals surface area contributed by atoms with Crippen LogP contribution in [-0.2, 0) is 14.8 Å². The van der Waals surface area contributed by atoms with E-state index in [9.17, 15) is 13.2 Å². The van der Waals surface area contributed by atoms with Crippen molar-refractivity contribution in [2.45, 2.75) is 52.0 Å². The molecule has 28 heavy (non-hydrogen) atoms. The van der Waals surface area contributed by atoms with E-state index >= 15 is 0 Å². The second kappa shape index (κ2) is 8.32. The Morgan fingerprint density at radius 3 is 2.43 bits per heavy atom. The van der Waals surface area contributed by atoms with Gasteiger partial charge in [-0.25, -0.2) is 17.9 Å². The van der Waals surface area contributed by atoms with Crippen LogP contribution >= 0.6 is 0 Å². The summed E-state index contributed by atoms with van der Waals surface area (Å²) in [6.45, 7) is 10.7. The van der Waals surface area contributed by atoms with Crippen molar-refractivity contribution in [2.24, 2.45) is 0 Å². The Morgan fingerprint density at radius 2 is 1.86 bits per heavy atom. The number of amides is 1. The fourth-order valence-corrected chi connectivity index (χ4v) is 3.98. The van der Waals surface area contributed by atoms with Crippen molar-refractivity contribution in [3.63, 3.8) is 0 Å². The molecule has 0 aliphatic carbocycles. The lowest BCUT2D eigenvalue weighted by Gasteiger charge is -2.19.